The highest BCUT2D eigenvalue weighted by molar-refractivity contribution is 9.10. The molecule has 2 aromatic carbocycles. The van der Waals surface area contributed by atoms with Gasteiger partial charge in [0.15, 0.2) is 11.5 Å². The number of nitrogens with zero attached hydrogens (tertiary/aromatic N) is 2. The summed E-state index contributed by atoms with van der Waals surface area (Å²) in [4.78, 5) is 29.0. The molecule has 28 heavy (non-hydrogen) atoms. The van der Waals surface area contributed by atoms with Crippen LogP contribution < -0.4 is 14.4 Å². The van der Waals surface area contributed by atoms with Crippen molar-refractivity contribution >= 4 is 33.4 Å². The number of hydrogen-bond donors (Lipinski definition) is 0. The Labute approximate surface area is 172 Å². The summed E-state index contributed by atoms with van der Waals surface area (Å²) in [5, 5.41) is 0. The van der Waals surface area contributed by atoms with E-state index in [1.54, 1.807) is 26.4 Å². The maximum absolute atomic E-state index is 13.0. The molecule has 0 aliphatic carbocycles. The molecule has 146 valence electrons. The summed E-state index contributed by atoms with van der Waals surface area (Å²) in [5.74, 6) is 1.07. The summed E-state index contributed by atoms with van der Waals surface area (Å²) in [7, 11) is 3.24. The molecular formula is C21H21BrN2O4. The van der Waals surface area contributed by atoms with Crippen LogP contribution in [0, 0.1) is 0 Å². The van der Waals surface area contributed by atoms with Crippen molar-refractivity contribution in [3.8, 4) is 11.5 Å². The average Bonchev–Trinajstić information content (AvgIpc) is 3.01. The zero-order valence-electron chi connectivity index (χ0n) is 15.8. The second kappa shape index (κ2) is 7.56. The second-order valence-electron chi connectivity index (χ2n) is 6.96. The minimum atomic E-state index is -0.433. The van der Waals surface area contributed by atoms with Crippen LogP contribution in [0.15, 0.2) is 40.9 Å². The first-order valence-corrected chi connectivity index (χ1v) is 9.91. The highest BCUT2D eigenvalue weighted by Gasteiger charge is 2.43. The van der Waals surface area contributed by atoms with E-state index in [4.69, 9.17) is 9.47 Å². The Kier molecular flexibility index (Phi) is 5.12. The molecule has 2 heterocycles. The number of methoxy groups -OCH3 is 2. The number of anilines is 1. The number of imide groups is 1. The van der Waals surface area contributed by atoms with Gasteiger partial charge in [0.1, 0.15) is 0 Å². The first kappa shape index (κ1) is 19.0. The van der Waals surface area contributed by atoms with Crippen molar-refractivity contribution < 1.29 is 19.1 Å². The Balaban J connectivity index is 1.57. The molecule has 2 aromatic rings. The van der Waals surface area contributed by atoms with Crippen molar-refractivity contribution in [3.05, 3.63) is 52.0 Å². The normalized spacial score (nSPS) is 19.7. The number of fused-ring (bicyclic) bond motifs is 1. The van der Waals surface area contributed by atoms with Crippen LogP contribution in [-0.2, 0) is 22.6 Å². The third kappa shape index (κ3) is 3.29. The molecule has 2 aliphatic heterocycles. The largest absolute Gasteiger partial charge is 0.493 e. The number of carbonyl (C=O) groups excluding carboxylic acids is 2. The van der Waals surface area contributed by atoms with Gasteiger partial charge in [-0.3, -0.25) is 14.5 Å². The zero-order chi connectivity index (χ0) is 19.8. The van der Waals surface area contributed by atoms with Crippen molar-refractivity contribution in [2.75, 3.05) is 25.7 Å². The fourth-order valence-corrected chi connectivity index (χ4v) is 4.20. The second-order valence-corrected chi connectivity index (χ2v) is 7.88. The summed E-state index contributed by atoms with van der Waals surface area (Å²) < 4.78 is 11.7. The number of hydrogen-bond acceptors (Lipinski definition) is 5. The predicted molar refractivity (Wildman–Crippen MR) is 109 cm³/mol. The number of amides is 2. The van der Waals surface area contributed by atoms with E-state index in [2.05, 4.69) is 20.8 Å². The van der Waals surface area contributed by atoms with Gasteiger partial charge < -0.3 is 9.47 Å². The van der Waals surface area contributed by atoms with Gasteiger partial charge in [0.2, 0.25) is 5.91 Å². The Bertz CT molecular complexity index is 929. The van der Waals surface area contributed by atoms with E-state index in [1.165, 1.54) is 10.5 Å². The summed E-state index contributed by atoms with van der Waals surface area (Å²) in [6.45, 7) is 1.33. The highest BCUT2D eigenvalue weighted by Crippen LogP contribution is 2.35. The third-order valence-corrected chi connectivity index (χ3v) is 5.92. The van der Waals surface area contributed by atoms with E-state index in [9.17, 15) is 9.59 Å². The quantitative estimate of drug-likeness (QED) is 0.677. The highest BCUT2D eigenvalue weighted by atomic mass is 79.9. The maximum Gasteiger partial charge on any atom is 0.251 e. The van der Waals surface area contributed by atoms with E-state index in [0.717, 1.165) is 23.0 Å². The smallest absolute Gasteiger partial charge is 0.251 e. The molecule has 0 aromatic heterocycles. The van der Waals surface area contributed by atoms with Crippen LogP contribution >= 0.6 is 15.9 Å². The summed E-state index contributed by atoms with van der Waals surface area (Å²) in [6.07, 6.45) is 1.00. The Morgan fingerprint density at radius 1 is 1.00 bits per heavy atom. The maximum atomic E-state index is 13.0. The molecule has 0 N–H and O–H groups in total. The molecule has 4 rings (SSSR count). The van der Waals surface area contributed by atoms with Crippen LogP contribution in [0.4, 0.5) is 5.69 Å². The lowest BCUT2D eigenvalue weighted by molar-refractivity contribution is -0.123. The lowest BCUT2D eigenvalue weighted by Crippen LogP contribution is -2.44. The monoisotopic (exact) mass is 444 g/mol. The minimum Gasteiger partial charge on any atom is -0.493 e. The Hall–Kier alpha value is -2.38. The summed E-state index contributed by atoms with van der Waals surface area (Å²) in [5.41, 5.74) is 2.91. The lowest BCUT2D eigenvalue weighted by atomic mass is 9.97. The van der Waals surface area contributed by atoms with E-state index in [1.807, 2.05) is 24.3 Å². The number of halogens is 1. The lowest BCUT2D eigenvalue weighted by Gasteiger charge is -2.32. The first-order valence-electron chi connectivity index (χ1n) is 9.12. The van der Waals surface area contributed by atoms with Gasteiger partial charge in [-0.25, -0.2) is 4.90 Å². The minimum absolute atomic E-state index is 0.156. The van der Waals surface area contributed by atoms with E-state index >= 15 is 0 Å². The molecule has 1 saturated heterocycles. The first-order chi connectivity index (χ1) is 13.5. The number of benzene rings is 2. The molecule has 7 heteroatoms. The molecule has 2 aliphatic rings. The molecule has 1 unspecified atom stereocenters. The van der Waals surface area contributed by atoms with Crippen molar-refractivity contribution in [3.63, 3.8) is 0 Å². The van der Waals surface area contributed by atoms with Crippen LogP contribution in [-0.4, -0.2) is 43.5 Å². The van der Waals surface area contributed by atoms with Crippen LogP contribution in [0.1, 0.15) is 17.5 Å². The molecular weight excluding hydrogens is 424 g/mol. The van der Waals surface area contributed by atoms with Gasteiger partial charge in [-0.1, -0.05) is 15.9 Å². The van der Waals surface area contributed by atoms with E-state index in [-0.39, 0.29) is 18.2 Å². The molecule has 1 atom stereocenters. The molecule has 6 nitrogen and oxygen atoms in total. The van der Waals surface area contributed by atoms with Crippen LogP contribution in [0.5, 0.6) is 11.5 Å². The molecule has 0 saturated carbocycles. The fourth-order valence-electron chi connectivity index (χ4n) is 3.93. The van der Waals surface area contributed by atoms with E-state index < -0.39 is 6.04 Å². The van der Waals surface area contributed by atoms with Gasteiger partial charge in [-0.05, 0) is 53.9 Å². The van der Waals surface area contributed by atoms with Crippen LogP contribution in [0.3, 0.4) is 0 Å². The van der Waals surface area contributed by atoms with Gasteiger partial charge in [0.05, 0.1) is 32.4 Å². The average molecular weight is 445 g/mol. The van der Waals surface area contributed by atoms with Gasteiger partial charge in [-0.15, -0.1) is 0 Å². The topological polar surface area (TPSA) is 59.1 Å². The van der Waals surface area contributed by atoms with Crippen molar-refractivity contribution in [1.82, 2.24) is 4.90 Å². The predicted octanol–water partition coefficient (Wildman–Crippen LogP) is 3.16. The summed E-state index contributed by atoms with van der Waals surface area (Å²) in [6, 6.07) is 10.8. The van der Waals surface area contributed by atoms with Crippen LogP contribution in [0.25, 0.3) is 0 Å². The molecule has 2 amide bonds. The van der Waals surface area contributed by atoms with Crippen LogP contribution in [0.2, 0.25) is 0 Å². The SMILES string of the molecule is COc1cc2c(cc1OC)CN(C1CC(=O)N(c3ccc(Br)cc3)C1=O)CC2. The zero-order valence-corrected chi connectivity index (χ0v) is 17.4. The van der Waals surface area contributed by atoms with Gasteiger partial charge in [0, 0.05) is 17.6 Å². The molecule has 0 radical (unpaired) electrons. The van der Waals surface area contributed by atoms with Gasteiger partial charge in [-0.2, -0.15) is 0 Å². The third-order valence-electron chi connectivity index (χ3n) is 5.40. The Morgan fingerprint density at radius 3 is 2.29 bits per heavy atom. The molecule has 0 bridgehead atoms. The van der Waals surface area contributed by atoms with Crippen molar-refractivity contribution in [2.45, 2.75) is 25.4 Å². The van der Waals surface area contributed by atoms with Gasteiger partial charge in [0.25, 0.3) is 5.91 Å². The standard InChI is InChI=1S/C21H21BrN2O4/c1-27-18-9-13-7-8-23(12-14(13)10-19(18)28-2)17-11-20(25)24(21(17)26)16-5-3-15(22)4-6-16/h3-6,9-10,17H,7-8,11-12H2,1-2H3. The number of carbonyl (C=O) groups is 2. The number of ether oxygens (including phenoxy) is 2. The molecule has 1 fully saturated rings. The summed E-state index contributed by atoms with van der Waals surface area (Å²) >= 11 is 3.38. The molecule has 0 spiro atoms. The van der Waals surface area contributed by atoms with Crippen molar-refractivity contribution in [1.29, 1.82) is 0 Å². The number of rotatable bonds is 4. The van der Waals surface area contributed by atoms with Crippen molar-refractivity contribution in [2.24, 2.45) is 0 Å². The van der Waals surface area contributed by atoms with Gasteiger partial charge >= 0.3 is 0 Å². The fraction of sp³-hybridized carbons (Fsp3) is 0.333. The Morgan fingerprint density at radius 2 is 1.64 bits per heavy atom. The van der Waals surface area contributed by atoms with E-state index in [0.29, 0.717) is 23.7 Å².